The fourth-order valence-electron chi connectivity index (χ4n) is 4.32. The van der Waals surface area contributed by atoms with Gasteiger partial charge in [0.2, 0.25) is 11.8 Å². The highest BCUT2D eigenvalue weighted by Gasteiger charge is 2.50. The maximum Gasteiger partial charge on any atom is 0.331 e. The second-order valence-electron chi connectivity index (χ2n) is 7.10. The van der Waals surface area contributed by atoms with Crippen molar-refractivity contribution in [3.8, 4) is 0 Å². The van der Waals surface area contributed by atoms with Crippen LogP contribution in [-0.2, 0) is 9.59 Å². The Morgan fingerprint density at radius 1 is 1.23 bits per heavy atom. The van der Waals surface area contributed by atoms with Gasteiger partial charge in [-0.15, -0.1) is 0 Å². The van der Waals surface area contributed by atoms with Crippen LogP contribution in [0.3, 0.4) is 0 Å². The second kappa shape index (κ2) is 6.78. The molecule has 1 aromatic carbocycles. The van der Waals surface area contributed by atoms with Crippen LogP contribution in [0.5, 0.6) is 0 Å². The molecule has 8 heteroatoms. The predicted molar refractivity (Wildman–Crippen MR) is 100 cm³/mol. The van der Waals surface area contributed by atoms with Crippen molar-refractivity contribution in [1.82, 2.24) is 10.2 Å². The summed E-state index contributed by atoms with van der Waals surface area (Å²) in [6, 6.07) is 4.42. The highest BCUT2D eigenvalue weighted by Crippen LogP contribution is 2.47. The molecule has 4 rings (SSSR count). The number of barbiturate groups is 1. The number of imide groups is 2. The Hall–Kier alpha value is -1.73. The van der Waals surface area contributed by atoms with Crippen LogP contribution in [0.15, 0.2) is 27.7 Å². The number of amides is 4. The van der Waals surface area contributed by atoms with Crippen molar-refractivity contribution < 1.29 is 14.4 Å². The lowest BCUT2D eigenvalue weighted by molar-refractivity contribution is -0.141. The van der Waals surface area contributed by atoms with E-state index in [0.29, 0.717) is 22.5 Å². The number of aliphatic imine (C=N–C) groups is 1. The number of hydrogen-bond donors (Lipinski definition) is 1. The van der Waals surface area contributed by atoms with Gasteiger partial charge in [-0.2, -0.15) is 0 Å². The summed E-state index contributed by atoms with van der Waals surface area (Å²) >= 11 is 9.44. The highest BCUT2D eigenvalue weighted by atomic mass is 79.9. The maximum absolute atomic E-state index is 12.9. The number of carbonyl (C=O) groups is 3. The Kier molecular flexibility index (Phi) is 4.61. The summed E-state index contributed by atoms with van der Waals surface area (Å²) < 4.78 is 0.806. The van der Waals surface area contributed by atoms with E-state index >= 15 is 0 Å². The van der Waals surface area contributed by atoms with Crippen LogP contribution >= 0.6 is 27.5 Å². The van der Waals surface area contributed by atoms with Crippen LogP contribution in [0.4, 0.5) is 10.5 Å². The van der Waals surface area contributed by atoms with Crippen molar-refractivity contribution in [2.45, 2.75) is 31.7 Å². The second-order valence-corrected chi connectivity index (χ2v) is 8.42. The highest BCUT2D eigenvalue weighted by molar-refractivity contribution is 9.10. The molecule has 2 aliphatic carbocycles. The minimum Gasteiger partial charge on any atom is -0.277 e. The molecule has 0 aromatic heterocycles. The first-order valence-corrected chi connectivity index (χ1v) is 9.78. The molecule has 1 aliphatic heterocycles. The Bertz CT molecular complexity index is 828. The van der Waals surface area contributed by atoms with Gasteiger partial charge in [0, 0.05) is 16.7 Å². The summed E-state index contributed by atoms with van der Waals surface area (Å²) in [4.78, 5) is 42.8. The van der Waals surface area contributed by atoms with E-state index in [1.165, 1.54) is 11.1 Å². The number of urea groups is 1. The SMILES string of the molecule is O=C1NC(=O)N([C@H]2C[C@H]3CC[C@H]2C3)C(=O)[C@H]1C=Nc1ccc(Br)cc1Cl. The normalized spacial score (nSPS) is 31.2. The fraction of sp³-hybridized carbons (Fsp3) is 0.444. The van der Waals surface area contributed by atoms with Gasteiger partial charge in [-0.3, -0.25) is 24.8 Å². The molecule has 1 aromatic rings. The Morgan fingerprint density at radius 3 is 2.69 bits per heavy atom. The molecule has 4 atom stereocenters. The van der Waals surface area contributed by atoms with Crippen LogP contribution in [0, 0.1) is 17.8 Å². The molecule has 0 radical (unpaired) electrons. The summed E-state index contributed by atoms with van der Waals surface area (Å²) in [5.41, 5.74) is 0.457. The van der Waals surface area contributed by atoms with Gasteiger partial charge in [0.05, 0.1) is 10.7 Å². The van der Waals surface area contributed by atoms with Gasteiger partial charge in [-0.1, -0.05) is 34.0 Å². The van der Waals surface area contributed by atoms with Crippen molar-refractivity contribution in [3.05, 3.63) is 27.7 Å². The fourth-order valence-corrected chi connectivity index (χ4v) is 5.04. The number of nitrogens with zero attached hydrogens (tertiary/aromatic N) is 2. The molecule has 6 nitrogen and oxygen atoms in total. The summed E-state index contributed by atoms with van der Waals surface area (Å²) in [5.74, 6) is -1.32. The van der Waals surface area contributed by atoms with Crippen molar-refractivity contribution in [1.29, 1.82) is 0 Å². The van der Waals surface area contributed by atoms with Gasteiger partial charge in [-0.05, 0) is 49.3 Å². The maximum atomic E-state index is 12.9. The zero-order chi connectivity index (χ0) is 18.4. The lowest BCUT2D eigenvalue weighted by Gasteiger charge is -2.36. The van der Waals surface area contributed by atoms with Crippen LogP contribution < -0.4 is 5.32 Å². The lowest BCUT2D eigenvalue weighted by atomic mass is 9.92. The Morgan fingerprint density at radius 2 is 2.04 bits per heavy atom. The molecule has 2 bridgehead atoms. The van der Waals surface area contributed by atoms with Gasteiger partial charge < -0.3 is 0 Å². The van der Waals surface area contributed by atoms with E-state index in [2.05, 4.69) is 26.2 Å². The van der Waals surface area contributed by atoms with E-state index in [4.69, 9.17) is 11.6 Å². The summed E-state index contributed by atoms with van der Waals surface area (Å²) in [5, 5.41) is 2.70. The molecule has 1 saturated heterocycles. The van der Waals surface area contributed by atoms with E-state index in [1.807, 2.05) is 0 Å². The Balaban J connectivity index is 1.57. The van der Waals surface area contributed by atoms with Crippen LogP contribution in [0.2, 0.25) is 5.02 Å². The monoisotopic (exact) mass is 437 g/mol. The van der Waals surface area contributed by atoms with Crippen LogP contribution in [0.1, 0.15) is 25.7 Å². The van der Waals surface area contributed by atoms with Gasteiger partial charge >= 0.3 is 6.03 Å². The van der Waals surface area contributed by atoms with Crippen molar-refractivity contribution >= 4 is 57.3 Å². The van der Waals surface area contributed by atoms with Crippen molar-refractivity contribution in [2.24, 2.45) is 22.7 Å². The van der Waals surface area contributed by atoms with Crippen LogP contribution in [-0.4, -0.2) is 35.0 Å². The molecule has 136 valence electrons. The predicted octanol–water partition coefficient (Wildman–Crippen LogP) is 3.69. The summed E-state index contributed by atoms with van der Waals surface area (Å²) in [7, 11) is 0. The molecule has 3 fully saturated rings. The Labute approximate surface area is 164 Å². The van der Waals surface area contributed by atoms with Gasteiger partial charge in [0.15, 0.2) is 5.92 Å². The molecular weight excluding hydrogens is 422 g/mol. The quantitative estimate of drug-likeness (QED) is 0.577. The van der Waals surface area contributed by atoms with Gasteiger partial charge in [0.1, 0.15) is 0 Å². The third kappa shape index (κ3) is 3.07. The third-order valence-corrected chi connectivity index (χ3v) is 6.34. The van der Waals surface area contributed by atoms with E-state index in [1.54, 1.807) is 18.2 Å². The number of halogens is 2. The number of hydrogen-bond acceptors (Lipinski definition) is 4. The summed E-state index contributed by atoms with van der Waals surface area (Å²) in [6.07, 6.45) is 5.37. The number of rotatable bonds is 3. The molecular formula is C18H17BrClN3O3. The van der Waals surface area contributed by atoms with Gasteiger partial charge in [0.25, 0.3) is 0 Å². The average Bonchev–Trinajstić information content (AvgIpc) is 3.19. The third-order valence-electron chi connectivity index (χ3n) is 5.54. The van der Waals surface area contributed by atoms with E-state index in [0.717, 1.165) is 30.2 Å². The molecule has 4 amide bonds. The summed E-state index contributed by atoms with van der Waals surface area (Å²) in [6.45, 7) is 0. The molecule has 26 heavy (non-hydrogen) atoms. The van der Waals surface area contributed by atoms with Gasteiger partial charge in [-0.25, -0.2) is 4.79 Å². The van der Waals surface area contributed by atoms with E-state index in [-0.39, 0.29) is 6.04 Å². The first-order chi connectivity index (χ1) is 12.4. The molecule has 1 heterocycles. The first kappa shape index (κ1) is 17.7. The smallest absolute Gasteiger partial charge is 0.277 e. The first-order valence-electron chi connectivity index (χ1n) is 8.61. The standard InChI is InChI=1S/C18H17BrClN3O3/c19-11-3-4-14(13(20)7-11)21-8-12-16(24)22-18(26)23(17(12)25)15-6-9-1-2-10(15)5-9/h3-4,7-10,12,15H,1-2,5-6H2,(H,22,24,26)/t9-,10-,12-,15-/m0/s1. The topological polar surface area (TPSA) is 78.8 Å². The number of fused-ring (bicyclic) bond motifs is 2. The zero-order valence-corrected chi connectivity index (χ0v) is 16.2. The number of carbonyl (C=O) groups excluding carboxylic acids is 3. The largest absolute Gasteiger partial charge is 0.331 e. The van der Waals surface area contributed by atoms with Crippen molar-refractivity contribution in [2.75, 3.05) is 0 Å². The molecule has 1 N–H and O–H groups in total. The molecule has 0 unspecified atom stereocenters. The van der Waals surface area contributed by atoms with Crippen molar-refractivity contribution in [3.63, 3.8) is 0 Å². The molecule has 2 saturated carbocycles. The molecule has 0 spiro atoms. The minimum atomic E-state index is -1.12. The zero-order valence-electron chi connectivity index (χ0n) is 13.8. The van der Waals surface area contributed by atoms with E-state index in [9.17, 15) is 14.4 Å². The minimum absolute atomic E-state index is 0.110. The van der Waals surface area contributed by atoms with Crippen LogP contribution in [0.25, 0.3) is 0 Å². The lowest BCUT2D eigenvalue weighted by Crippen LogP contribution is -2.62. The van der Waals surface area contributed by atoms with E-state index < -0.39 is 23.8 Å². The average molecular weight is 439 g/mol. The number of nitrogens with one attached hydrogen (secondary N) is 1. The molecule has 3 aliphatic rings. The number of benzene rings is 1.